The number of imidazole rings is 1. The number of pyridine rings is 3. The summed E-state index contributed by atoms with van der Waals surface area (Å²) < 4.78 is 48.5. The fraction of sp³-hybridized carbons (Fsp3) is 0.203. The van der Waals surface area contributed by atoms with Crippen LogP contribution >= 0.6 is 0 Å². The number of anilines is 5. The van der Waals surface area contributed by atoms with Crippen molar-refractivity contribution in [2.75, 3.05) is 41.7 Å². The number of carbonyl (C=O) groups is 2. The Bertz CT molecular complexity index is 4240. The molecule has 12 rings (SSSR count). The number of carbonyl (C=O) groups excluding carboxylic acids is 2. The fourth-order valence-electron chi connectivity index (χ4n) is 10.2. The molecule has 0 bridgehead atoms. The zero-order valence-electron chi connectivity index (χ0n) is 44.7. The summed E-state index contributed by atoms with van der Waals surface area (Å²) in [4.78, 5) is 67.1. The van der Waals surface area contributed by atoms with Gasteiger partial charge in [-0.1, -0.05) is 12.7 Å². The van der Waals surface area contributed by atoms with Crippen LogP contribution in [0.2, 0.25) is 0 Å². The van der Waals surface area contributed by atoms with Gasteiger partial charge in [0.15, 0.2) is 34.7 Å². The maximum absolute atomic E-state index is 16.7. The van der Waals surface area contributed by atoms with E-state index in [0.29, 0.717) is 64.3 Å². The first kappa shape index (κ1) is 51.5. The van der Waals surface area contributed by atoms with Crippen molar-refractivity contribution in [1.82, 2.24) is 63.9 Å². The molecule has 0 radical (unpaired) electrons. The molecule has 3 aromatic carbocycles. The van der Waals surface area contributed by atoms with Crippen LogP contribution in [0.25, 0.3) is 50.3 Å². The van der Waals surface area contributed by atoms with Crippen LogP contribution in [0.4, 0.5) is 37.6 Å². The molecule has 0 unspecified atom stereocenters. The van der Waals surface area contributed by atoms with Gasteiger partial charge in [0.1, 0.15) is 47.0 Å². The van der Waals surface area contributed by atoms with Gasteiger partial charge in [-0.05, 0) is 118 Å². The molecule has 20 nitrogen and oxygen atoms in total. The van der Waals surface area contributed by atoms with E-state index in [4.69, 9.17) is 14.5 Å². The maximum atomic E-state index is 16.7. The summed E-state index contributed by atoms with van der Waals surface area (Å²) in [5.41, 5.74) is 7.51. The van der Waals surface area contributed by atoms with Gasteiger partial charge in [0, 0.05) is 81.0 Å². The lowest BCUT2D eigenvalue weighted by Gasteiger charge is -2.40. The number of benzene rings is 3. The van der Waals surface area contributed by atoms with E-state index in [2.05, 4.69) is 57.2 Å². The summed E-state index contributed by atoms with van der Waals surface area (Å²) in [7, 11) is 1.90. The van der Waals surface area contributed by atoms with E-state index in [1.807, 2.05) is 74.9 Å². The largest absolute Gasteiger partial charge is 0.457 e. The number of hydrogen-bond donors (Lipinski definition) is 2. The first-order valence-electron chi connectivity index (χ1n) is 26.1. The van der Waals surface area contributed by atoms with E-state index >= 15 is 8.78 Å². The van der Waals surface area contributed by atoms with Crippen molar-refractivity contribution in [3.8, 4) is 23.0 Å². The number of aryl methyl sites for hydroxylation is 2. The number of nitrogens with zero attached hydrogens (tertiary/aromatic N) is 14. The number of hydrogen-bond acceptors (Lipinski definition) is 16. The minimum Gasteiger partial charge on any atom is -0.457 e. The molecule has 1 saturated heterocycles. The molecular formula is C59H52F2N16O4. The number of nitrogens with one attached hydrogen (secondary N) is 2. The van der Waals surface area contributed by atoms with Gasteiger partial charge < -0.3 is 39.4 Å². The molecule has 81 heavy (non-hydrogen) atoms. The third-order valence-corrected chi connectivity index (χ3v) is 14.5. The Kier molecular flexibility index (Phi) is 13.5. The molecule has 2 aliphatic rings. The van der Waals surface area contributed by atoms with E-state index in [1.165, 1.54) is 37.1 Å². The Morgan fingerprint density at radius 2 is 1.57 bits per heavy atom. The molecule has 0 spiro atoms. The SMILES string of the molecule is C=CC(=O)N1CC=C(c2ccc3ncnc(Nc4ccc(Oc5ccn6nc(/C=C/C(=O)N7CCN(c8ncc9ncnc(Nc%10ccc(Oc%11ccc%12c(c%11)ncn%12C)c(C)c%10F)c9c8F)C[C@H]7C)nc6c5)c(C)c4)c3n2)C[C@@H]1C. The average molecular weight is 1090 g/mol. The number of halogens is 2. The number of fused-ring (bicyclic) bond motifs is 4. The van der Waals surface area contributed by atoms with E-state index < -0.39 is 11.6 Å². The van der Waals surface area contributed by atoms with E-state index in [9.17, 15) is 9.59 Å². The zero-order chi connectivity index (χ0) is 56.1. The Labute approximate surface area is 462 Å². The van der Waals surface area contributed by atoms with Crippen LogP contribution in [-0.4, -0.2) is 114 Å². The van der Waals surface area contributed by atoms with E-state index in [0.717, 1.165) is 33.6 Å². The van der Waals surface area contributed by atoms with Gasteiger partial charge in [-0.15, -0.1) is 5.10 Å². The van der Waals surface area contributed by atoms with Gasteiger partial charge in [0.05, 0.1) is 51.4 Å². The average Bonchev–Trinajstić information content (AvgIpc) is 4.07. The number of aromatic nitrogens is 11. The number of piperazine rings is 1. The molecule has 0 saturated carbocycles. The third kappa shape index (κ3) is 10.1. The number of ether oxygens (including phenoxy) is 2. The molecule has 1 fully saturated rings. The lowest BCUT2D eigenvalue weighted by atomic mass is 9.98. The van der Waals surface area contributed by atoms with Crippen LogP contribution in [0, 0.1) is 25.5 Å². The molecule has 2 atom stereocenters. The Morgan fingerprint density at radius 1 is 0.765 bits per heavy atom. The van der Waals surface area contributed by atoms with Crippen molar-refractivity contribution in [1.29, 1.82) is 0 Å². The Balaban J connectivity index is 0.676. The first-order valence-corrected chi connectivity index (χ1v) is 26.1. The minimum absolute atomic E-state index is 0.000784. The molecule has 2 N–H and O–H groups in total. The summed E-state index contributed by atoms with van der Waals surface area (Å²) in [5, 5.41) is 11.0. The molecule has 2 amide bonds. The Morgan fingerprint density at radius 3 is 2.38 bits per heavy atom. The number of amides is 2. The van der Waals surface area contributed by atoms with Crippen LogP contribution in [-0.2, 0) is 16.6 Å². The van der Waals surface area contributed by atoms with Gasteiger partial charge in [0.2, 0.25) is 11.8 Å². The highest BCUT2D eigenvalue weighted by atomic mass is 19.1. The molecule has 22 heteroatoms. The molecule has 2 aliphatic heterocycles. The Hall–Kier alpha value is -10.3. The standard InChI is InChI=1S/C59H52F2N16O4/c1-7-51(78)75-20-18-37(25-34(75)3)41-10-11-43-56(69-41)58(66-30-63-43)68-38-8-14-47(33(2)24-38)80-40-19-21-77-50(27-40)71-49(72-77)16-17-52(79)76-23-22-74(29-35(76)4)59-55(61)53-45(28-62-59)64-31-65-57(53)70-42-12-15-48(36(5)54(42)60)81-39-9-13-46-44(26-39)67-32-73(46)6/h7-19,21,24,26-28,30-32,34-35H,1,20,22-23,25,29H2,2-6H3,(H,63,66,68)(H,64,65,70)/b17-16+/t34-,35+/m0/s1. The van der Waals surface area contributed by atoms with Crippen LogP contribution in [0.1, 0.15) is 42.9 Å². The lowest BCUT2D eigenvalue weighted by Crippen LogP contribution is -2.54. The second-order valence-electron chi connectivity index (χ2n) is 19.9. The van der Waals surface area contributed by atoms with Gasteiger partial charge in [-0.3, -0.25) is 9.59 Å². The smallest absolute Gasteiger partial charge is 0.247 e. The minimum atomic E-state index is -0.681. The highest BCUT2D eigenvalue weighted by Gasteiger charge is 2.30. The van der Waals surface area contributed by atoms with E-state index in [1.54, 1.807) is 75.1 Å². The molecule has 406 valence electrons. The highest BCUT2D eigenvalue weighted by molar-refractivity contribution is 5.94. The molecule has 7 aromatic heterocycles. The lowest BCUT2D eigenvalue weighted by molar-refractivity contribution is -0.128. The fourth-order valence-corrected chi connectivity index (χ4v) is 10.2. The summed E-state index contributed by atoms with van der Waals surface area (Å²) in [6, 6.07) is 21.4. The quantitative estimate of drug-likeness (QED) is 0.103. The van der Waals surface area contributed by atoms with Crippen molar-refractivity contribution >= 4 is 90.9 Å². The maximum Gasteiger partial charge on any atom is 0.247 e. The molecular weight excluding hydrogens is 1030 g/mol. The summed E-state index contributed by atoms with van der Waals surface area (Å²) >= 11 is 0. The zero-order valence-corrected chi connectivity index (χ0v) is 44.7. The van der Waals surface area contributed by atoms with Gasteiger partial charge in [-0.25, -0.2) is 53.2 Å². The third-order valence-electron chi connectivity index (χ3n) is 14.5. The van der Waals surface area contributed by atoms with Gasteiger partial charge >= 0.3 is 0 Å². The van der Waals surface area contributed by atoms with Crippen molar-refractivity contribution < 1.29 is 27.8 Å². The van der Waals surface area contributed by atoms with Crippen LogP contribution < -0.4 is 25.0 Å². The van der Waals surface area contributed by atoms with Crippen molar-refractivity contribution in [3.05, 3.63) is 163 Å². The molecule has 10 aromatic rings. The summed E-state index contributed by atoms with van der Waals surface area (Å²) in [6.07, 6.45) is 14.7. The topological polar surface area (TPSA) is 212 Å². The van der Waals surface area contributed by atoms with Crippen molar-refractivity contribution in [2.24, 2.45) is 7.05 Å². The molecule has 9 heterocycles. The number of rotatable bonds is 13. The van der Waals surface area contributed by atoms with Crippen molar-refractivity contribution in [3.63, 3.8) is 0 Å². The van der Waals surface area contributed by atoms with Crippen LogP contribution in [0.15, 0.2) is 129 Å². The predicted molar refractivity (Wildman–Crippen MR) is 304 cm³/mol. The highest BCUT2D eigenvalue weighted by Crippen LogP contribution is 2.37. The van der Waals surface area contributed by atoms with Crippen LogP contribution in [0.5, 0.6) is 23.0 Å². The second-order valence-corrected chi connectivity index (χ2v) is 19.9. The summed E-state index contributed by atoms with van der Waals surface area (Å²) in [6.45, 7) is 12.4. The normalized spacial score (nSPS) is 15.7. The van der Waals surface area contributed by atoms with Gasteiger partial charge in [0.25, 0.3) is 0 Å². The van der Waals surface area contributed by atoms with Crippen molar-refractivity contribution in [2.45, 2.75) is 46.2 Å². The second kappa shape index (κ2) is 21.2. The van der Waals surface area contributed by atoms with Crippen LogP contribution in [0.3, 0.4) is 0 Å². The van der Waals surface area contributed by atoms with Gasteiger partial charge in [-0.2, -0.15) is 0 Å². The monoisotopic (exact) mass is 1090 g/mol. The first-order chi connectivity index (χ1) is 39.2. The van der Waals surface area contributed by atoms with E-state index in [-0.39, 0.29) is 77.3 Å². The summed E-state index contributed by atoms with van der Waals surface area (Å²) in [5.74, 6) is 1.33. The molecule has 0 aliphatic carbocycles. The predicted octanol–water partition coefficient (Wildman–Crippen LogP) is 10.2.